The number of aliphatic hydroxyl groups is 1. The van der Waals surface area contributed by atoms with E-state index in [0.717, 1.165) is 0 Å². The van der Waals surface area contributed by atoms with Gasteiger partial charge in [-0.25, -0.2) is 39.7 Å². The van der Waals surface area contributed by atoms with Gasteiger partial charge in [0.1, 0.15) is 82.2 Å². The maximum atomic E-state index is 14.5. The highest BCUT2D eigenvalue weighted by molar-refractivity contribution is 7.15. The average Bonchev–Trinajstić information content (AvgIpc) is 1.60. The Morgan fingerprint density at radius 1 is 0.713 bits per heavy atom. The number of methoxy groups -OCH3 is 1. The van der Waals surface area contributed by atoms with Crippen molar-refractivity contribution in [2.24, 2.45) is 23.5 Å². The van der Waals surface area contributed by atoms with Gasteiger partial charge >= 0.3 is 11.9 Å². The number of pyridine rings is 1. The van der Waals surface area contributed by atoms with Gasteiger partial charge in [0.15, 0.2) is 6.29 Å². The van der Waals surface area contributed by atoms with Crippen LogP contribution < -0.4 is 31.9 Å². The first-order valence-electron chi connectivity index (χ1n) is 29.4. The van der Waals surface area contributed by atoms with Gasteiger partial charge in [-0.05, 0) is 73.9 Å². The monoisotopic (exact) mass is 1390 g/mol. The molecule has 5 amide bonds. The molecule has 1 aliphatic rings. The van der Waals surface area contributed by atoms with Crippen molar-refractivity contribution in [3.63, 3.8) is 0 Å². The number of rotatable bonds is 27. The maximum Gasteiger partial charge on any atom is 0.335 e. The summed E-state index contributed by atoms with van der Waals surface area (Å²) >= 11 is 7.28. The van der Waals surface area contributed by atoms with Crippen molar-refractivity contribution in [1.29, 1.82) is 0 Å². The van der Waals surface area contributed by atoms with E-state index in [4.69, 9.17) is 30.4 Å². The summed E-state index contributed by atoms with van der Waals surface area (Å²) in [6, 6.07) is 16.0. The third-order valence-electron chi connectivity index (χ3n) is 15.4. The van der Waals surface area contributed by atoms with Crippen LogP contribution in [0.25, 0.3) is 43.4 Å². The van der Waals surface area contributed by atoms with Crippen LogP contribution in [0, 0.1) is 24.7 Å². The van der Waals surface area contributed by atoms with Crippen molar-refractivity contribution in [1.82, 2.24) is 56.2 Å². The quantitative estimate of drug-likeness (QED) is 0.0222. The lowest BCUT2D eigenvalue weighted by Crippen LogP contribution is -2.40. The molecule has 2 aromatic carbocycles. The number of thiazole rings is 6. The molecule has 7 aromatic heterocycles. The summed E-state index contributed by atoms with van der Waals surface area (Å²) in [6.07, 6.45) is 0.719. The van der Waals surface area contributed by atoms with Gasteiger partial charge < -0.3 is 47.1 Å². The lowest BCUT2D eigenvalue weighted by molar-refractivity contribution is -0.144. The first kappa shape index (κ1) is 68.1. The van der Waals surface area contributed by atoms with Crippen molar-refractivity contribution in [2.75, 3.05) is 25.6 Å². The molecule has 25 nitrogen and oxygen atoms in total. The number of aliphatic hydroxyl groups excluding tert-OH is 1. The van der Waals surface area contributed by atoms with Crippen LogP contribution in [0.15, 0.2) is 88.3 Å². The summed E-state index contributed by atoms with van der Waals surface area (Å²) in [7, 11) is 2.97. The lowest BCUT2D eigenvalue weighted by Gasteiger charge is -2.30. The Labute approximate surface area is 562 Å². The van der Waals surface area contributed by atoms with Gasteiger partial charge in [0.05, 0.1) is 53.8 Å². The van der Waals surface area contributed by atoms with Crippen LogP contribution in [0.4, 0.5) is 5.82 Å². The van der Waals surface area contributed by atoms with E-state index in [-0.39, 0.29) is 59.9 Å². The lowest BCUT2D eigenvalue weighted by atomic mass is 9.81. The first-order chi connectivity index (χ1) is 45.2. The van der Waals surface area contributed by atoms with Crippen LogP contribution in [0.2, 0.25) is 0 Å². The van der Waals surface area contributed by atoms with Crippen molar-refractivity contribution in [3.8, 4) is 43.4 Å². The van der Waals surface area contributed by atoms with Crippen molar-refractivity contribution >= 4 is 122 Å². The predicted molar refractivity (Wildman–Crippen MR) is 357 cm³/mol. The molecule has 0 aliphatic heterocycles. The highest BCUT2D eigenvalue weighted by Gasteiger charge is 2.35. The number of carboxylic acids is 2. The molecular weight excluding hydrogens is 1320 g/mol. The Bertz CT molecular complexity index is 4270. The molecule has 7 heterocycles. The number of aldehydes is 1. The summed E-state index contributed by atoms with van der Waals surface area (Å²) in [5.41, 5.74) is 9.85. The molecule has 4 atom stereocenters. The number of amides is 5. The fourth-order valence-electron chi connectivity index (χ4n) is 10.4. The second-order valence-electron chi connectivity index (χ2n) is 22.2. The largest absolute Gasteiger partial charge is 0.481 e. The molecule has 488 valence electrons. The zero-order valence-electron chi connectivity index (χ0n) is 51.1. The van der Waals surface area contributed by atoms with Crippen LogP contribution >= 0.6 is 68.0 Å². The Hall–Kier alpha value is -8.79. The van der Waals surface area contributed by atoms with Crippen molar-refractivity contribution in [2.45, 2.75) is 90.3 Å². The maximum absolute atomic E-state index is 14.5. The molecule has 0 bridgehead atoms. The molecule has 31 heteroatoms. The molecule has 0 radical (unpaired) electrons. The number of anilines is 1. The topological polar surface area (TPSA) is 374 Å². The molecular formula is C63H63N13O12S6. The fraction of sp³-hybridized carbons (Fsp3) is 0.317. The van der Waals surface area contributed by atoms with Crippen molar-refractivity contribution in [3.05, 3.63) is 147 Å². The number of aromatic carboxylic acids is 1. The molecule has 0 saturated heterocycles. The second kappa shape index (κ2) is 30.5. The van der Waals surface area contributed by atoms with E-state index < -0.39 is 72.3 Å². The van der Waals surface area contributed by atoms with Crippen LogP contribution in [0.1, 0.15) is 148 Å². The highest BCUT2D eigenvalue weighted by atomic mass is 32.1. The molecule has 94 heavy (non-hydrogen) atoms. The van der Waals surface area contributed by atoms with E-state index >= 15 is 0 Å². The van der Waals surface area contributed by atoms with E-state index in [1.54, 1.807) is 83.0 Å². The van der Waals surface area contributed by atoms with Gasteiger partial charge in [-0.1, -0.05) is 56.3 Å². The van der Waals surface area contributed by atoms with Crippen LogP contribution in [-0.2, 0) is 37.1 Å². The fourth-order valence-corrected chi connectivity index (χ4v) is 15.9. The number of aliphatic carboxylic acids is 1. The predicted octanol–water partition coefficient (Wildman–Crippen LogP) is 9.46. The number of hydrogen-bond donors (Lipinski definition) is 8. The van der Waals surface area contributed by atoms with Crippen LogP contribution in [-0.4, -0.2) is 119 Å². The zero-order valence-corrected chi connectivity index (χ0v) is 56.0. The molecule has 9 aromatic rings. The first-order valence-corrected chi connectivity index (χ1v) is 34.5. The number of nitrogens with two attached hydrogens (primary N) is 1. The third-order valence-corrected chi connectivity index (χ3v) is 21.1. The molecule has 0 spiro atoms. The smallest absolute Gasteiger partial charge is 0.335 e. The van der Waals surface area contributed by atoms with E-state index in [9.17, 15) is 53.7 Å². The highest BCUT2D eigenvalue weighted by Crippen LogP contribution is 2.41. The van der Waals surface area contributed by atoms with Gasteiger partial charge in [-0.15, -0.1) is 68.0 Å². The molecule has 10 rings (SSSR count). The summed E-state index contributed by atoms with van der Waals surface area (Å²) in [5.74, 6) is -5.36. The minimum absolute atomic E-state index is 0.00430. The summed E-state index contributed by atoms with van der Waals surface area (Å²) in [6.45, 7) is 4.96. The SMILES string of the molecule is CNC(=O)C[C@H](N)c1nc(C(=O)NC(c2nc(C(=O)NCC(=O)N[C@H](c3nc(-c4nc(-c5nc(-c6nc(N(Cc7cccc(C(=O)O)c7)C(=O)C7CCC(C(=O)O)CC7)cs6)ccc5-c5nc(C=O)cs5)cs4)cs3)[C@@H](O)c3ccccc3)c(COC)s2)C(C)C)c(C)s1. The van der Waals surface area contributed by atoms with E-state index in [0.29, 0.717) is 117 Å². The van der Waals surface area contributed by atoms with Gasteiger partial charge in [0.2, 0.25) is 17.7 Å². The Kier molecular flexibility index (Phi) is 22.1. The minimum atomic E-state index is -1.31. The number of carbonyl (C=O) groups excluding carboxylic acids is 6. The molecule has 1 fully saturated rings. The van der Waals surface area contributed by atoms with E-state index in [1.807, 2.05) is 13.8 Å². The Morgan fingerprint density at radius 2 is 1.43 bits per heavy atom. The van der Waals surface area contributed by atoms with Crippen LogP contribution in [0.3, 0.4) is 0 Å². The zero-order chi connectivity index (χ0) is 66.9. The van der Waals surface area contributed by atoms with Gasteiger partial charge in [0, 0.05) is 58.5 Å². The van der Waals surface area contributed by atoms with E-state index in [2.05, 4.69) is 36.2 Å². The number of nitrogens with one attached hydrogen (secondary N) is 4. The van der Waals surface area contributed by atoms with E-state index in [1.165, 1.54) is 99.2 Å². The van der Waals surface area contributed by atoms with Crippen LogP contribution in [0.5, 0.6) is 0 Å². The number of aromatic nitrogens is 7. The van der Waals surface area contributed by atoms with Crippen molar-refractivity contribution < 1.29 is 58.4 Å². The second-order valence-corrected chi connectivity index (χ2v) is 28.0. The number of ether oxygens (including phenoxy) is 1. The normalized spacial score (nSPS) is 15.1. The number of aryl methyl sites for hydroxylation is 1. The summed E-state index contributed by atoms with van der Waals surface area (Å²) < 4.78 is 5.45. The Balaban J connectivity index is 0.883. The number of nitrogens with zero attached hydrogens (tertiary/aromatic N) is 8. The molecule has 9 N–H and O–H groups in total. The Morgan fingerprint density at radius 3 is 2.13 bits per heavy atom. The van der Waals surface area contributed by atoms with Gasteiger partial charge in [0.25, 0.3) is 11.8 Å². The number of carboxylic acid groups (broad SMARTS) is 2. The van der Waals surface area contributed by atoms with Gasteiger partial charge in [-0.2, -0.15) is 0 Å². The summed E-state index contributed by atoms with van der Waals surface area (Å²) in [5, 5.41) is 51.9. The minimum Gasteiger partial charge on any atom is -0.481 e. The molecule has 1 unspecified atom stereocenters. The molecule has 1 saturated carbocycles. The summed E-state index contributed by atoms with van der Waals surface area (Å²) in [4.78, 5) is 140. The number of benzene rings is 2. The standard InChI is InChI=1S/C63H63N13O12S6/c1-30(2)47(73-54(82)48-31(3)93-56(74-48)39(64)21-45(78)65-4)60-75-50(43(94-60)25-88-5)53(81)66-22-46(79)72-51(52(80)33-11-7-6-8-12-33)59-70-42(28-91-59)58-69-41(27-90-58)49-38(55-67-37(24-77)26-89-55)18-19-40(68-49)57-71-44(29-92-57)76(23-32-10-9-13-36(20-32)63(86)87)61(83)34-14-16-35(17-15-34)62(84)85/h6-13,18-20,24,26-30,34-35,39,47,51-52,80H,14-17,21-23,25,64H2,1-5H3,(H,65,78)(H,66,81)(H,72,79)(H,73,82)(H,84,85)(H,86,87)/t34?,35?,39-,47?,51-,52-/m0/s1. The third kappa shape index (κ3) is 15.9. The number of carbonyl (C=O) groups is 8. The number of hydrogen-bond acceptors (Lipinski definition) is 24. The average molecular weight is 1390 g/mol. The van der Waals surface area contributed by atoms with Gasteiger partial charge in [-0.3, -0.25) is 38.5 Å². The molecule has 1 aliphatic carbocycles.